The van der Waals surface area contributed by atoms with Gasteiger partial charge in [-0.05, 0) is 31.9 Å². The van der Waals surface area contributed by atoms with Crippen molar-refractivity contribution in [2.75, 3.05) is 7.11 Å². The van der Waals surface area contributed by atoms with Crippen molar-refractivity contribution in [2.45, 2.75) is 36.2 Å². The lowest BCUT2D eigenvalue weighted by Crippen LogP contribution is -2.32. The molecule has 0 aliphatic heterocycles. The first-order chi connectivity index (χ1) is 10.7. The fourth-order valence-electron chi connectivity index (χ4n) is 2.06. The molecule has 0 saturated heterocycles. The molecule has 0 spiro atoms. The lowest BCUT2D eigenvalue weighted by Gasteiger charge is -2.13. The smallest absolute Gasteiger partial charge is 0.233 e. The van der Waals surface area contributed by atoms with Crippen molar-refractivity contribution in [3.05, 3.63) is 30.6 Å². The van der Waals surface area contributed by atoms with Gasteiger partial charge in [0.05, 0.1) is 18.0 Å². The van der Waals surface area contributed by atoms with E-state index in [0.717, 1.165) is 24.3 Å². The first-order valence-electron chi connectivity index (χ1n) is 7.19. The number of hydrogen-bond donors (Lipinski definition) is 1. The van der Waals surface area contributed by atoms with Crippen molar-refractivity contribution in [3.8, 4) is 11.4 Å². The summed E-state index contributed by atoms with van der Waals surface area (Å²) in [4.78, 5) is 12.1. The van der Waals surface area contributed by atoms with E-state index in [1.807, 2.05) is 35.8 Å². The van der Waals surface area contributed by atoms with Gasteiger partial charge in [-0.1, -0.05) is 23.9 Å². The number of hydrogen-bond acceptors (Lipinski definition) is 5. The van der Waals surface area contributed by atoms with Gasteiger partial charge < -0.3 is 10.1 Å². The number of nitrogens with one attached hydrogen (secondary N) is 1. The second-order valence-corrected chi connectivity index (χ2v) is 6.51. The standard InChI is InChI=1S/C15H18N4O2S/c1-10(14(20)17-11-7-8-11)22-15-18-16-9-19(15)12-5-3-4-6-13(12)21-2/h3-6,9-11H,7-8H2,1-2H3,(H,17,20). The molecular formula is C15H18N4O2S. The van der Waals surface area contributed by atoms with Gasteiger partial charge >= 0.3 is 0 Å². The van der Waals surface area contributed by atoms with Crippen molar-refractivity contribution in [3.63, 3.8) is 0 Å². The highest BCUT2D eigenvalue weighted by atomic mass is 32.2. The number of rotatable bonds is 6. The maximum absolute atomic E-state index is 12.1. The molecule has 0 bridgehead atoms. The van der Waals surface area contributed by atoms with Gasteiger partial charge in [-0.15, -0.1) is 10.2 Å². The molecule has 22 heavy (non-hydrogen) atoms. The Morgan fingerprint density at radius 2 is 2.23 bits per heavy atom. The van der Waals surface area contributed by atoms with Crippen LogP contribution in [0.15, 0.2) is 35.7 Å². The van der Waals surface area contributed by atoms with Crippen LogP contribution in [0.2, 0.25) is 0 Å². The van der Waals surface area contributed by atoms with E-state index < -0.39 is 0 Å². The minimum Gasteiger partial charge on any atom is -0.495 e. The molecule has 1 unspecified atom stereocenters. The van der Waals surface area contributed by atoms with E-state index >= 15 is 0 Å². The lowest BCUT2D eigenvalue weighted by atomic mass is 10.3. The summed E-state index contributed by atoms with van der Waals surface area (Å²) in [5.41, 5.74) is 0.854. The fraction of sp³-hybridized carbons (Fsp3) is 0.400. The summed E-state index contributed by atoms with van der Waals surface area (Å²) in [7, 11) is 1.63. The van der Waals surface area contributed by atoms with Crippen molar-refractivity contribution in [1.82, 2.24) is 20.1 Å². The zero-order valence-electron chi connectivity index (χ0n) is 12.5. The molecule has 1 N–H and O–H groups in total. The number of ether oxygens (including phenoxy) is 1. The van der Waals surface area contributed by atoms with Crippen LogP contribution in [0.5, 0.6) is 5.75 Å². The van der Waals surface area contributed by atoms with Crippen LogP contribution in [0.3, 0.4) is 0 Å². The number of nitrogens with zero attached hydrogens (tertiary/aromatic N) is 3. The van der Waals surface area contributed by atoms with Gasteiger partial charge in [-0.25, -0.2) is 0 Å². The Bertz CT molecular complexity index is 669. The van der Waals surface area contributed by atoms with Crippen molar-refractivity contribution in [2.24, 2.45) is 0 Å². The van der Waals surface area contributed by atoms with Gasteiger partial charge in [0, 0.05) is 6.04 Å². The summed E-state index contributed by atoms with van der Waals surface area (Å²) >= 11 is 1.39. The summed E-state index contributed by atoms with van der Waals surface area (Å²) in [6.45, 7) is 1.88. The first-order valence-corrected chi connectivity index (χ1v) is 8.07. The predicted molar refractivity (Wildman–Crippen MR) is 84.4 cm³/mol. The molecule has 1 heterocycles. The van der Waals surface area contributed by atoms with Crippen LogP contribution < -0.4 is 10.1 Å². The third kappa shape index (κ3) is 3.24. The van der Waals surface area contributed by atoms with Crippen molar-refractivity contribution >= 4 is 17.7 Å². The van der Waals surface area contributed by atoms with Crippen LogP contribution in [-0.4, -0.2) is 39.1 Å². The quantitative estimate of drug-likeness (QED) is 0.825. The van der Waals surface area contributed by atoms with Crippen molar-refractivity contribution in [1.29, 1.82) is 0 Å². The summed E-state index contributed by atoms with van der Waals surface area (Å²) in [5.74, 6) is 0.779. The van der Waals surface area contributed by atoms with E-state index in [2.05, 4.69) is 15.5 Å². The third-order valence-electron chi connectivity index (χ3n) is 3.44. The van der Waals surface area contributed by atoms with Gasteiger partial charge in [0.1, 0.15) is 12.1 Å². The summed E-state index contributed by atoms with van der Waals surface area (Å²) in [6.07, 6.45) is 3.80. The monoisotopic (exact) mass is 318 g/mol. The topological polar surface area (TPSA) is 69.0 Å². The second kappa shape index (κ2) is 6.39. The normalized spacial score (nSPS) is 15.4. The van der Waals surface area contributed by atoms with Crippen LogP contribution in [0.25, 0.3) is 5.69 Å². The Hall–Kier alpha value is -2.02. The molecule has 116 valence electrons. The van der Waals surface area contributed by atoms with Gasteiger partial charge in [-0.3, -0.25) is 9.36 Å². The molecule has 1 saturated carbocycles. The predicted octanol–water partition coefficient (Wildman–Crippen LogP) is 2.04. The number of amides is 1. The molecular weight excluding hydrogens is 300 g/mol. The molecule has 1 fully saturated rings. The minimum atomic E-state index is -0.224. The summed E-state index contributed by atoms with van der Waals surface area (Å²) in [6, 6.07) is 8.01. The number of methoxy groups -OCH3 is 1. The number of carbonyl (C=O) groups excluding carboxylic acids is 1. The molecule has 2 aromatic rings. The molecule has 7 heteroatoms. The van der Waals surface area contributed by atoms with E-state index in [0.29, 0.717) is 11.2 Å². The van der Waals surface area contributed by atoms with E-state index in [-0.39, 0.29) is 11.2 Å². The highest BCUT2D eigenvalue weighted by Crippen LogP contribution is 2.29. The highest BCUT2D eigenvalue weighted by molar-refractivity contribution is 8.00. The maximum Gasteiger partial charge on any atom is 0.233 e. The van der Waals surface area contributed by atoms with E-state index in [1.165, 1.54) is 11.8 Å². The lowest BCUT2D eigenvalue weighted by molar-refractivity contribution is -0.120. The molecule has 1 aliphatic carbocycles. The molecule has 6 nitrogen and oxygen atoms in total. The number of aromatic nitrogens is 3. The fourth-order valence-corrected chi connectivity index (χ4v) is 2.90. The van der Waals surface area contributed by atoms with Crippen LogP contribution in [0.1, 0.15) is 19.8 Å². The van der Waals surface area contributed by atoms with Gasteiger partial charge in [0.15, 0.2) is 5.16 Å². The van der Waals surface area contributed by atoms with Gasteiger partial charge in [0.2, 0.25) is 5.91 Å². The molecule has 1 amide bonds. The van der Waals surface area contributed by atoms with Crippen LogP contribution >= 0.6 is 11.8 Å². The number of benzene rings is 1. The third-order valence-corrected chi connectivity index (χ3v) is 4.49. The Morgan fingerprint density at radius 1 is 1.45 bits per heavy atom. The zero-order valence-corrected chi connectivity index (χ0v) is 13.3. The first kappa shape index (κ1) is 14.9. The SMILES string of the molecule is COc1ccccc1-n1cnnc1SC(C)C(=O)NC1CC1. The average Bonchev–Trinajstić information content (AvgIpc) is 3.23. The Kier molecular flexibility index (Phi) is 4.33. The van der Waals surface area contributed by atoms with Crippen LogP contribution in [-0.2, 0) is 4.79 Å². The van der Waals surface area contributed by atoms with E-state index in [9.17, 15) is 4.79 Å². The number of thioether (sulfide) groups is 1. The summed E-state index contributed by atoms with van der Waals surface area (Å²) < 4.78 is 7.21. The zero-order chi connectivity index (χ0) is 15.5. The Balaban J connectivity index is 1.78. The van der Waals surface area contributed by atoms with E-state index in [4.69, 9.17) is 4.74 Å². The molecule has 1 atom stereocenters. The minimum absolute atomic E-state index is 0.0436. The largest absolute Gasteiger partial charge is 0.495 e. The molecule has 1 aromatic carbocycles. The van der Waals surface area contributed by atoms with Gasteiger partial charge in [-0.2, -0.15) is 0 Å². The van der Waals surface area contributed by atoms with Crippen LogP contribution in [0.4, 0.5) is 0 Å². The molecule has 1 aliphatic rings. The van der Waals surface area contributed by atoms with E-state index in [1.54, 1.807) is 13.4 Å². The molecule has 3 rings (SSSR count). The molecule has 0 radical (unpaired) electrons. The number of carbonyl (C=O) groups is 1. The van der Waals surface area contributed by atoms with Crippen molar-refractivity contribution < 1.29 is 9.53 Å². The number of para-hydroxylation sites is 2. The summed E-state index contributed by atoms with van der Waals surface area (Å²) in [5, 5.41) is 11.5. The Morgan fingerprint density at radius 3 is 2.95 bits per heavy atom. The average molecular weight is 318 g/mol. The second-order valence-electron chi connectivity index (χ2n) is 5.20. The Labute approximate surface area is 133 Å². The highest BCUT2D eigenvalue weighted by Gasteiger charge is 2.27. The van der Waals surface area contributed by atoms with Crippen LogP contribution in [0, 0.1) is 0 Å². The van der Waals surface area contributed by atoms with Gasteiger partial charge in [0.25, 0.3) is 0 Å². The molecule has 1 aromatic heterocycles. The maximum atomic E-state index is 12.1.